The molecule has 0 saturated carbocycles. The molecule has 1 N–H and O–H groups in total. The van der Waals surface area contributed by atoms with Crippen molar-refractivity contribution in [2.45, 2.75) is 19.3 Å². The number of nitrogens with one attached hydrogen (secondary N) is 1. The average molecular weight is 384 g/mol. The Hall–Kier alpha value is -3.13. The molecule has 2 aromatic rings. The molecular formula is C20H20N2O6. The van der Waals surface area contributed by atoms with Gasteiger partial charge in [-0.15, -0.1) is 0 Å². The molecule has 0 saturated heterocycles. The van der Waals surface area contributed by atoms with Gasteiger partial charge in [0.25, 0.3) is 0 Å². The average Bonchev–Trinajstić information content (AvgIpc) is 3.11. The Bertz CT molecular complexity index is 1020. The van der Waals surface area contributed by atoms with Crippen LogP contribution in [0.2, 0.25) is 0 Å². The number of rotatable bonds is 3. The molecule has 0 fully saturated rings. The third-order valence-electron chi connectivity index (χ3n) is 5.14. The van der Waals surface area contributed by atoms with E-state index in [1.54, 1.807) is 4.90 Å². The number of esters is 2. The van der Waals surface area contributed by atoms with Crippen LogP contribution in [0.1, 0.15) is 28.9 Å². The van der Waals surface area contributed by atoms with Crippen molar-refractivity contribution in [2.24, 2.45) is 0 Å². The summed E-state index contributed by atoms with van der Waals surface area (Å²) in [4.78, 5) is 41.5. The first kappa shape index (κ1) is 18.2. The minimum Gasteiger partial charge on any atom is -0.466 e. The molecule has 8 heteroatoms. The number of aromatic nitrogens is 1. The lowest BCUT2D eigenvalue weighted by Gasteiger charge is -2.31. The number of aromatic amines is 1. The van der Waals surface area contributed by atoms with E-state index < -0.39 is 11.9 Å². The van der Waals surface area contributed by atoms with E-state index in [1.165, 1.54) is 14.2 Å². The molecule has 0 bridgehead atoms. The molecule has 1 aromatic carbocycles. The van der Waals surface area contributed by atoms with Gasteiger partial charge in [0.15, 0.2) is 5.78 Å². The molecule has 0 amide bonds. The highest BCUT2D eigenvalue weighted by molar-refractivity contribution is 6.05. The van der Waals surface area contributed by atoms with Crippen LogP contribution >= 0.6 is 0 Å². The highest BCUT2D eigenvalue weighted by Crippen LogP contribution is 2.33. The number of Topliss-reactive ketones (excluding diaryl/α,β-unsaturated/α-hetero) is 1. The smallest absolute Gasteiger partial charge is 0.355 e. The molecule has 0 radical (unpaired) electrons. The summed E-state index contributed by atoms with van der Waals surface area (Å²) in [6.07, 6.45) is 2.25. The molecule has 2 heterocycles. The van der Waals surface area contributed by atoms with Crippen molar-refractivity contribution in [1.82, 2.24) is 4.98 Å². The van der Waals surface area contributed by atoms with Gasteiger partial charge in [-0.2, -0.15) is 0 Å². The number of hydrogen-bond donors (Lipinski definition) is 1. The Balaban J connectivity index is 1.82. The van der Waals surface area contributed by atoms with Crippen molar-refractivity contribution in [3.8, 4) is 0 Å². The van der Waals surface area contributed by atoms with Crippen LogP contribution in [0.3, 0.4) is 0 Å². The van der Waals surface area contributed by atoms with Crippen LogP contribution in [-0.2, 0) is 30.2 Å². The highest BCUT2D eigenvalue weighted by atomic mass is 16.5. The molecule has 2 aliphatic rings. The van der Waals surface area contributed by atoms with E-state index in [0.717, 1.165) is 29.3 Å². The predicted octanol–water partition coefficient (Wildman–Crippen LogP) is 2.08. The summed E-state index contributed by atoms with van der Waals surface area (Å²) in [5, 5.41) is 0.988. The topological polar surface area (TPSA) is 97.9 Å². The quantitative estimate of drug-likeness (QED) is 0.809. The highest BCUT2D eigenvalue weighted by Gasteiger charge is 2.33. The van der Waals surface area contributed by atoms with Crippen molar-refractivity contribution in [2.75, 3.05) is 32.5 Å². The second-order valence-electron chi connectivity index (χ2n) is 6.70. The summed E-state index contributed by atoms with van der Waals surface area (Å²) >= 11 is 0. The Morgan fingerprint density at radius 3 is 2.68 bits per heavy atom. The van der Waals surface area contributed by atoms with Crippen LogP contribution in [0.4, 0.5) is 5.69 Å². The van der Waals surface area contributed by atoms with Crippen LogP contribution in [0.15, 0.2) is 29.5 Å². The molecule has 8 nitrogen and oxygen atoms in total. The van der Waals surface area contributed by atoms with Gasteiger partial charge in [0, 0.05) is 23.0 Å². The predicted molar refractivity (Wildman–Crippen MR) is 99.9 cm³/mol. The van der Waals surface area contributed by atoms with Crippen molar-refractivity contribution in [3.63, 3.8) is 0 Å². The number of carbonyl (C=O) groups excluding carboxylic acids is 3. The van der Waals surface area contributed by atoms with E-state index in [-0.39, 0.29) is 30.4 Å². The SMILES string of the molecule is COC(=O)C1=C(C(=O)OC)N(c2ccc3c4c([nH]c3c2)C(=O)CCC4)COC1. The summed E-state index contributed by atoms with van der Waals surface area (Å²) in [6, 6.07) is 5.59. The van der Waals surface area contributed by atoms with Gasteiger partial charge in [-0.3, -0.25) is 4.79 Å². The third-order valence-corrected chi connectivity index (χ3v) is 5.14. The molecule has 0 unspecified atom stereocenters. The summed E-state index contributed by atoms with van der Waals surface area (Å²) in [7, 11) is 2.50. The fraction of sp³-hybridized carbons (Fsp3) is 0.350. The van der Waals surface area contributed by atoms with E-state index in [1.807, 2.05) is 18.2 Å². The van der Waals surface area contributed by atoms with E-state index >= 15 is 0 Å². The monoisotopic (exact) mass is 384 g/mol. The Labute approximate surface area is 161 Å². The molecule has 0 spiro atoms. The molecule has 28 heavy (non-hydrogen) atoms. The van der Waals surface area contributed by atoms with Gasteiger partial charge in [0.2, 0.25) is 0 Å². The standard InChI is InChI=1S/C20H20N2O6/c1-26-19(24)14-9-28-10-22(18(14)20(25)27-2)11-6-7-12-13-4-3-5-16(23)17(13)21-15(12)8-11/h6-8,21H,3-5,9-10H2,1-2H3. The zero-order chi connectivity index (χ0) is 19.8. The minimum absolute atomic E-state index is 0.0405. The first-order chi connectivity index (χ1) is 13.5. The zero-order valence-electron chi connectivity index (χ0n) is 15.7. The summed E-state index contributed by atoms with van der Waals surface area (Å²) in [5.74, 6) is -1.18. The van der Waals surface area contributed by atoms with Crippen LogP contribution in [-0.4, -0.2) is 50.3 Å². The number of ketones is 1. The lowest BCUT2D eigenvalue weighted by atomic mass is 9.94. The molecule has 146 valence electrons. The van der Waals surface area contributed by atoms with Gasteiger partial charge in [0.05, 0.1) is 32.1 Å². The number of ether oxygens (including phenoxy) is 3. The Morgan fingerprint density at radius 1 is 1.14 bits per heavy atom. The largest absolute Gasteiger partial charge is 0.466 e. The number of nitrogens with zero attached hydrogens (tertiary/aromatic N) is 1. The van der Waals surface area contributed by atoms with Crippen LogP contribution in [0.5, 0.6) is 0 Å². The second-order valence-corrected chi connectivity index (χ2v) is 6.70. The second kappa shape index (κ2) is 7.12. The van der Waals surface area contributed by atoms with Gasteiger partial charge in [-0.1, -0.05) is 6.07 Å². The number of fused-ring (bicyclic) bond motifs is 3. The Kier molecular flexibility index (Phi) is 4.64. The van der Waals surface area contributed by atoms with Crippen molar-refractivity contribution >= 4 is 34.3 Å². The van der Waals surface area contributed by atoms with Gasteiger partial charge >= 0.3 is 11.9 Å². The molecule has 1 aromatic heterocycles. The van der Waals surface area contributed by atoms with Crippen molar-refractivity contribution in [3.05, 3.63) is 40.7 Å². The number of carbonyl (C=O) groups is 3. The van der Waals surface area contributed by atoms with E-state index in [0.29, 0.717) is 17.8 Å². The normalized spacial score (nSPS) is 16.9. The summed E-state index contributed by atoms with van der Waals surface area (Å²) in [6.45, 7) is 0.0386. The van der Waals surface area contributed by atoms with Gasteiger partial charge in [0.1, 0.15) is 12.4 Å². The fourth-order valence-electron chi connectivity index (χ4n) is 3.81. The Morgan fingerprint density at radius 2 is 1.93 bits per heavy atom. The molecule has 0 atom stereocenters. The number of anilines is 1. The molecule has 1 aliphatic heterocycles. The third kappa shape index (κ3) is 2.86. The lowest BCUT2D eigenvalue weighted by molar-refractivity contribution is -0.140. The maximum Gasteiger partial charge on any atom is 0.355 e. The molecule has 1 aliphatic carbocycles. The molecular weight excluding hydrogens is 364 g/mol. The first-order valence-corrected chi connectivity index (χ1v) is 8.98. The number of hydrogen-bond acceptors (Lipinski definition) is 7. The lowest BCUT2D eigenvalue weighted by Crippen LogP contribution is -2.38. The zero-order valence-corrected chi connectivity index (χ0v) is 15.7. The maximum atomic E-state index is 12.4. The van der Waals surface area contributed by atoms with Crippen molar-refractivity contribution in [1.29, 1.82) is 0 Å². The summed E-state index contributed by atoms with van der Waals surface area (Å²) in [5.41, 5.74) is 3.32. The van der Waals surface area contributed by atoms with Gasteiger partial charge < -0.3 is 24.1 Å². The van der Waals surface area contributed by atoms with Crippen molar-refractivity contribution < 1.29 is 28.6 Å². The molecule has 4 rings (SSSR count). The van der Waals surface area contributed by atoms with Gasteiger partial charge in [-0.05, 0) is 30.5 Å². The number of H-pyrrole nitrogens is 1. The number of aryl methyl sites for hydroxylation is 1. The van der Waals surface area contributed by atoms with E-state index in [9.17, 15) is 14.4 Å². The summed E-state index contributed by atoms with van der Waals surface area (Å²) < 4.78 is 15.2. The van der Waals surface area contributed by atoms with E-state index in [2.05, 4.69) is 4.98 Å². The van der Waals surface area contributed by atoms with Gasteiger partial charge in [-0.25, -0.2) is 9.59 Å². The first-order valence-electron chi connectivity index (χ1n) is 8.98. The van der Waals surface area contributed by atoms with Crippen LogP contribution in [0.25, 0.3) is 10.9 Å². The minimum atomic E-state index is -0.648. The fourth-order valence-corrected chi connectivity index (χ4v) is 3.81. The maximum absolute atomic E-state index is 12.4. The van der Waals surface area contributed by atoms with Crippen LogP contribution < -0.4 is 4.90 Å². The van der Waals surface area contributed by atoms with E-state index in [4.69, 9.17) is 14.2 Å². The van der Waals surface area contributed by atoms with Crippen LogP contribution in [0, 0.1) is 0 Å². The number of benzene rings is 1. The number of methoxy groups -OCH3 is 2.